The highest BCUT2D eigenvalue weighted by molar-refractivity contribution is 7.54. The molecule has 0 amide bonds. The van der Waals surface area contributed by atoms with E-state index in [1.807, 2.05) is 6.07 Å². The molecule has 0 aliphatic carbocycles. The molecule has 0 radical (unpaired) electrons. The van der Waals surface area contributed by atoms with Crippen molar-refractivity contribution in [2.45, 2.75) is 25.9 Å². The Morgan fingerprint density at radius 1 is 1.04 bits per heavy atom. The Balaban J connectivity index is 2.41. The van der Waals surface area contributed by atoms with E-state index in [9.17, 15) is 9.36 Å². The van der Waals surface area contributed by atoms with Crippen molar-refractivity contribution in [3.05, 3.63) is 71.3 Å². The topological polar surface area (TPSA) is 76.4 Å². The lowest BCUT2D eigenvalue weighted by Crippen LogP contribution is -2.12. The van der Waals surface area contributed by atoms with Gasteiger partial charge in [-0.3, -0.25) is 9.36 Å². The maximum atomic E-state index is 13.4. The van der Waals surface area contributed by atoms with Crippen LogP contribution >= 0.6 is 7.60 Å². The third kappa shape index (κ3) is 4.89. The summed E-state index contributed by atoms with van der Waals surface area (Å²) in [5.74, 6) is -0.139. The molecule has 136 valence electrons. The van der Waals surface area contributed by atoms with Crippen LogP contribution in [0.25, 0.3) is 0 Å². The zero-order chi connectivity index (χ0) is 19.0. The van der Waals surface area contributed by atoms with Gasteiger partial charge in [-0.25, -0.2) is 0 Å². The highest BCUT2D eigenvalue weighted by Crippen LogP contribution is 2.62. The fraction of sp³-hybridized carbons (Fsp3) is 0.300. The first-order valence-electron chi connectivity index (χ1n) is 8.51. The first-order chi connectivity index (χ1) is 12.5. The van der Waals surface area contributed by atoms with E-state index in [1.165, 1.54) is 0 Å². The molecule has 2 aromatic rings. The number of hydrogen-bond acceptors (Lipinski definition) is 5. The van der Waals surface area contributed by atoms with Crippen molar-refractivity contribution in [2.24, 2.45) is 0 Å². The van der Waals surface area contributed by atoms with Crippen LogP contribution in [-0.4, -0.2) is 19.0 Å². The molecule has 5 nitrogen and oxygen atoms in total. The third-order valence-electron chi connectivity index (χ3n) is 3.90. The standard InChI is InChI=1S/C20H22NO4P/c1-3-24-26(23,25-4-2)20(18-12-10-16(15-21)11-13-18)14-19(22)17-8-6-5-7-9-17/h5-13,20H,3-4,14H2,1-2H3/t20-/m0/s1. The van der Waals surface area contributed by atoms with E-state index >= 15 is 0 Å². The number of Topliss-reactive ketones (excluding diaryl/α,β-unsaturated/α-hetero) is 1. The number of nitriles is 1. The van der Waals surface area contributed by atoms with Crippen LogP contribution in [0.2, 0.25) is 0 Å². The van der Waals surface area contributed by atoms with Gasteiger partial charge < -0.3 is 9.05 Å². The number of rotatable bonds is 9. The summed E-state index contributed by atoms with van der Waals surface area (Å²) >= 11 is 0. The number of carbonyl (C=O) groups excluding carboxylic acids is 1. The van der Waals surface area contributed by atoms with Crippen LogP contribution in [0.15, 0.2) is 54.6 Å². The molecule has 0 fully saturated rings. The molecule has 0 heterocycles. The predicted molar refractivity (Wildman–Crippen MR) is 100 cm³/mol. The first-order valence-corrected chi connectivity index (χ1v) is 10.1. The minimum atomic E-state index is -3.55. The van der Waals surface area contributed by atoms with Crippen LogP contribution in [0.4, 0.5) is 0 Å². The molecule has 0 saturated carbocycles. The van der Waals surface area contributed by atoms with Gasteiger partial charge in [0.1, 0.15) is 0 Å². The monoisotopic (exact) mass is 371 g/mol. The van der Waals surface area contributed by atoms with Gasteiger partial charge in [-0.2, -0.15) is 5.26 Å². The normalized spacial score (nSPS) is 12.3. The number of benzene rings is 2. The molecular weight excluding hydrogens is 349 g/mol. The van der Waals surface area contributed by atoms with Crippen LogP contribution in [0.1, 0.15) is 47.4 Å². The Kier molecular flexibility index (Phi) is 7.29. The largest absolute Gasteiger partial charge is 0.338 e. The summed E-state index contributed by atoms with van der Waals surface area (Å²) in [4.78, 5) is 12.7. The van der Waals surface area contributed by atoms with Gasteiger partial charge in [-0.15, -0.1) is 0 Å². The molecule has 0 N–H and O–H groups in total. The van der Waals surface area contributed by atoms with Crippen molar-refractivity contribution >= 4 is 13.4 Å². The summed E-state index contributed by atoms with van der Waals surface area (Å²) in [6, 6.07) is 17.6. The van der Waals surface area contributed by atoms with Crippen molar-refractivity contribution in [1.82, 2.24) is 0 Å². The first kappa shape index (κ1) is 20.1. The summed E-state index contributed by atoms with van der Waals surface area (Å²) in [5, 5.41) is 8.98. The van der Waals surface area contributed by atoms with Gasteiger partial charge in [-0.05, 0) is 31.5 Å². The van der Waals surface area contributed by atoms with Gasteiger partial charge in [0.2, 0.25) is 0 Å². The molecule has 0 aromatic heterocycles. The lowest BCUT2D eigenvalue weighted by molar-refractivity contribution is 0.0973. The molecule has 2 rings (SSSR count). The highest BCUT2D eigenvalue weighted by Gasteiger charge is 2.38. The van der Waals surface area contributed by atoms with Crippen LogP contribution in [0.3, 0.4) is 0 Å². The second-order valence-corrected chi connectivity index (χ2v) is 7.84. The van der Waals surface area contributed by atoms with Crippen molar-refractivity contribution < 1.29 is 18.4 Å². The highest BCUT2D eigenvalue weighted by atomic mass is 31.2. The smallest absolute Gasteiger partial charge is 0.308 e. The van der Waals surface area contributed by atoms with Crippen LogP contribution in [0.5, 0.6) is 0 Å². The van der Waals surface area contributed by atoms with Gasteiger partial charge in [-0.1, -0.05) is 42.5 Å². The third-order valence-corrected chi connectivity index (χ3v) is 6.38. The van der Waals surface area contributed by atoms with Crippen LogP contribution in [-0.2, 0) is 13.6 Å². The van der Waals surface area contributed by atoms with E-state index in [2.05, 4.69) is 6.07 Å². The second-order valence-electron chi connectivity index (χ2n) is 5.62. The van der Waals surface area contributed by atoms with Crippen LogP contribution < -0.4 is 0 Å². The Bertz CT molecular complexity index is 802. The minimum absolute atomic E-state index is 0.00675. The van der Waals surface area contributed by atoms with Crippen molar-refractivity contribution in [1.29, 1.82) is 5.26 Å². The van der Waals surface area contributed by atoms with Crippen LogP contribution in [0, 0.1) is 11.3 Å². The maximum Gasteiger partial charge on any atom is 0.338 e. The zero-order valence-electron chi connectivity index (χ0n) is 14.9. The molecular formula is C20H22NO4P. The molecule has 0 saturated heterocycles. The molecule has 0 spiro atoms. The molecule has 26 heavy (non-hydrogen) atoms. The van der Waals surface area contributed by atoms with Crippen molar-refractivity contribution in [3.8, 4) is 6.07 Å². The number of nitrogens with zero attached hydrogens (tertiary/aromatic N) is 1. The number of ketones is 1. The van der Waals surface area contributed by atoms with E-state index in [4.69, 9.17) is 14.3 Å². The van der Waals surface area contributed by atoms with Gasteiger partial charge in [0.05, 0.1) is 30.5 Å². The average Bonchev–Trinajstić information content (AvgIpc) is 2.67. The molecule has 2 aromatic carbocycles. The zero-order valence-corrected chi connectivity index (χ0v) is 15.8. The lowest BCUT2D eigenvalue weighted by atomic mass is 10.0. The summed E-state index contributed by atoms with van der Waals surface area (Å²) in [7, 11) is -3.55. The van der Waals surface area contributed by atoms with Gasteiger partial charge in [0.25, 0.3) is 0 Å². The Morgan fingerprint density at radius 3 is 2.12 bits per heavy atom. The quantitative estimate of drug-likeness (QED) is 0.451. The van der Waals surface area contributed by atoms with E-state index in [-0.39, 0.29) is 25.4 Å². The minimum Gasteiger partial charge on any atom is -0.308 e. The van der Waals surface area contributed by atoms with Gasteiger partial charge >= 0.3 is 7.60 Å². The molecule has 0 aliphatic rings. The summed E-state index contributed by atoms with van der Waals surface area (Å²) in [6.45, 7) is 3.90. The lowest BCUT2D eigenvalue weighted by Gasteiger charge is -2.26. The van der Waals surface area contributed by atoms with Crippen molar-refractivity contribution in [2.75, 3.05) is 13.2 Å². The number of hydrogen-bond donors (Lipinski definition) is 0. The van der Waals surface area contributed by atoms with E-state index in [0.29, 0.717) is 16.7 Å². The molecule has 0 bridgehead atoms. The maximum absolute atomic E-state index is 13.4. The van der Waals surface area contributed by atoms with Gasteiger partial charge in [0, 0.05) is 12.0 Å². The van der Waals surface area contributed by atoms with Gasteiger partial charge in [0.15, 0.2) is 5.78 Å². The molecule has 0 unspecified atom stereocenters. The fourth-order valence-corrected chi connectivity index (χ4v) is 4.77. The van der Waals surface area contributed by atoms with E-state index in [1.54, 1.807) is 62.4 Å². The van der Waals surface area contributed by atoms with E-state index < -0.39 is 13.3 Å². The summed E-state index contributed by atoms with van der Waals surface area (Å²) < 4.78 is 24.4. The summed E-state index contributed by atoms with van der Waals surface area (Å²) in [5.41, 5.74) is 0.955. The average molecular weight is 371 g/mol. The fourth-order valence-electron chi connectivity index (χ4n) is 2.69. The Morgan fingerprint density at radius 2 is 1.62 bits per heavy atom. The van der Waals surface area contributed by atoms with Crippen molar-refractivity contribution in [3.63, 3.8) is 0 Å². The molecule has 6 heteroatoms. The second kappa shape index (κ2) is 9.45. The SMILES string of the molecule is CCOP(=O)(OCC)[C@@H](CC(=O)c1ccccc1)c1ccc(C#N)cc1. The Labute approximate surface area is 154 Å². The number of carbonyl (C=O) groups is 1. The van der Waals surface area contributed by atoms with E-state index in [0.717, 1.165) is 0 Å². The Hall–Kier alpha value is -2.25. The summed E-state index contributed by atoms with van der Waals surface area (Å²) in [6.07, 6.45) is -0.00675. The molecule has 0 aliphatic heterocycles. The molecule has 1 atom stereocenters. The predicted octanol–water partition coefficient (Wildman–Crippen LogP) is 5.14.